The van der Waals surface area contributed by atoms with E-state index in [9.17, 15) is 10.1 Å². The lowest BCUT2D eigenvalue weighted by molar-refractivity contribution is -0.112. The third-order valence-corrected chi connectivity index (χ3v) is 9.82. The summed E-state index contributed by atoms with van der Waals surface area (Å²) in [6.07, 6.45) is 5.38. The number of carbonyl (C=O) groups excluding carboxylic acids is 1. The van der Waals surface area contributed by atoms with Crippen molar-refractivity contribution >= 4 is 40.0 Å². The molecule has 0 atom stereocenters. The zero-order chi connectivity index (χ0) is 35.9. The molecular formula is C39H40FN9O2. The smallest absolute Gasteiger partial charge is 0.266 e. The summed E-state index contributed by atoms with van der Waals surface area (Å²) in [6, 6.07) is 19.7. The van der Waals surface area contributed by atoms with Crippen LogP contribution in [0.1, 0.15) is 39.3 Å². The zero-order valence-electron chi connectivity index (χ0n) is 29.2. The molecule has 0 spiro atoms. The number of nitriles is 1. The molecule has 51 heavy (non-hydrogen) atoms. The van der Waals surface area contributed by atoms with Crippen molar-refractivity contribution in [2.45, 2.75) is 52.6 Å². The van der Waals surface area contributed by atoms with E-state index in [0.717, 1.165) is 43.1 Å². The molecule has 5 heterocycles. The molecule has 5 aromatic rings. The lowest BCUT2D eigenvalue weighted by atomic mass is 9.92. The number of aromatic nitrogens is 4. The van der Waals surface area contributed by atoms with E-state index in [1.165, 1.54) is 12.4 Å². The number of rotatable bonds is 8. The molecule has 3 N–H and O–H groups in total. The van der Waals surface area contributed by atoms with Gasteiger partial charge in [0, 0.05) is 47.3 Å². The summed E-state index contributed by atoms with van der Waals surface area (Å²) >= 11 is 0. The number of piperidine rings is 1. The van der Waals surface area contributed by atoms with Crippen LogP contribution in [-0.4, -0.2) is 55.5 Å². The second-order valence-corrected chi connectivity index (χ2v) is 13.8. The number of nitrogens with two attached hydrogens (primary N) is 1. The van der Waals surface area contributed by atoms with Gasteiger partial charge in [0.2, 0.25) is 5.88 Å². The summed E-state index contributed by atoms with van der Waals surface area (Å²) in [5.74, 6) is 1.03. The SMILES string of the molecule is Cc1cccc(Oc2ccc(-c3c4n(c5ncnc(N)c35)CCN4c3cccc(NC(=O)/C(C#N)=C/C(C)(C)N4CCC(C)CC4)c3)cc2F)n1. The Hall–Kier alpha value is -5.80. The van der Waals surface area contributed by atoms with Gasteiger partial charge in [-0.05, 0) is 101 Å². The number of carbonyl (C=O) groups is 1. The Balaban J connectivity index is 1.20. The number of anilines is 4. The fourth-order valence-electron chi connectivity index (χ4n) is 7.06. The molecule has 11 nitrogen and oxygen atoms in total. The number of amides is 1. The maximum Gasteiger partial charge on any atom is 0.266 e. The van der Waals surface area contributed by atoms with Crippen LogP contribution in [0.4, 0.5) is 27.4 Å². The van der Waals surface area contributed by atoms with Crippen LogP contribution in [0.15, 0.2) is 78.6 Å². The number of pyridine rings is 1. The van der Waals surface area contributed by atoms with Crippen LogP contribution >= 0.6 is 0 Å². The van der Waals surface area contributed by atoms with Crippen LogP contribution in [0.5, 0.6) is 11.6 Å². The van der Waals surface area contributed by atoms with Crippen molar-refractivity contribution in [1.29, 1.82) is 5.26 Å². The van der Waals surface area contributed by atoms with Crippen molar-refractivity contribution in [3.05, 3.63) is 90.2 Å². The normalized spacial score (nSPS) is 15.5. The monoisotopic (exact) mass is 685 g/mol. The largest absolute Gasteiger partial charge is 0.436 e. The lowest BCUT2D eigenvalue weighted by Crippen LogP contribution is -2.47. The van der Waals surface area contributed by atoms with Crippen LogP contribution in [0.2, 0.25) is 0 Å². The van der Waals surface area contributed by atoms with Crippen molar-refractivity contribution in [1.82, 2.24) is 24.4 Å². The lowest BCUT2D eigenvalue weighted by Gasteiger charge is -2.40. The van der Waals surface area contributed by atoms with Gasteiger partial charge in [-0.15, -0.1) is 0 Å². The summed E-state index contributed by atoms with van der Waals surface area (Å²) in [5, 5.41) is 13.6. The quantitative estimate of drug-likeness (QED) is 0.127. The van der Waals surface area contributed by atoms with Crippen LogP contribution in [0.3, 0.4) is 0 Å². The number of aryl methyl sites for hydroxylation is 1. The Morgan fingerprint density at radius 1 is 1.08 bits per heavy atom. The van der Waals surface area contributed by atoms with Gasteiger partial charge in [-0.3, -0.25) is 9.69 Å². The molecule has 12 heteroatoms. The van der Waals surface area contributed by atoms with E-state index < -0.39 is 17.3 Å². The summed E-state index contributed by atoms with van der Waals surface area (Å²) < 4.78 is 23.5. The van der Waals surface area contributed by atoms with Gasteiger partial charge in [-0.2, -0.15) is 5.26 Å². The van der Waals surface area contributed by atoms with Crippen molar-refractivity contribution in [3.63, 3.8) is 0 Å². The first-order valence-corrected chi connectivity index (χ1v) is 17.1. The predicted molar refractivity (Wildman–Crippen MR) is 196 cm³/mol. The molecule has 3 aromatic heterocycles. The standard InChI is InChI=1S/C39H40FN9O2/c1-24-13-15-47(16-14-24)39(3,4)21-27(22-41)37(50)46-28-8-6-9-29(20-28)48-17-18-49-36-34(35(42)43-23-44-36)33(38(48)49)26-11-12-31(30(40)19-26)51-32-10-5-7-25(2)45-32/h5-12,19-21,23-24H,13-18H2,1-4H3,(H,46,50)(H2,42,43,44)/b27-21+. The first kappa shape index (κ1) is 33.7. The molecule has 7 rings (SSSR count). The van der Waals surface area contributed by atoms with E-state index >= 15 is 4.39 Å². The van der Waals surface area contributed by atoms with Crippen molar-refractivity contribution in [2.24, 2.45) is 5.92 Å². The topological polar surface area (TPSA) is 138 Å². The molecule has 0 radical (unpaired) electrons. The highest BCUT2D eigenvalue weighted by Crippen LogP contribution is 2.47. The Bertz CT molecular complexity index is 2210. The number of fused-ring (bicyclic) bond motifs is 3. The number of hydrogen-bond donors (Lipinski definition) is 2. The van der Waals surface area contributed by atoms with Crippen LogP contribution in [0, 0.1) is 30.0 Å². The zero-order valence-corrected chi connectivity index (χ0v) is 29.2. The first-order chi connectivity index (χ1) is 24.5. The second kappa shape index (κ2) is 13.5. The van der Waals surface area contributed by atoms with E-state index in [1.807, 2.05) is 49.6 Å². The Kier molecular flexibility index (Phi) is 8.91. The van der Waals surface area contributed by atoms with E-state index in [1.54, 1.807) is 36.4 Å². The number of hydrogen-bond acceptors (Lipinski definition) is 9. The number of nitrogens with one attached hydrogen (secondary N) is 1. The minimum absolute atomic E-state index is 0.0428. The minimum atomic E-state index is -0.562. The van der Waals surface area contributed by atoms with Gasteiger partial charge in [0.05, 0.1) is 5.39 Å². The molecule has 0 saturated carbocycles. The summed E-state index contributed by atoms with van der Waals surface area (Å²) in [5.41, 5.74) is 10.0. The Morgan fingerprint density at radius 3 is 2.61 bits per heavy atom. The molecule has 2 aromatic carbocycles. The highest BCUT2D eigenvalue weighted by atomic mass is 19.1. The fourth-order valence-corrected chi connectivity index (χ4v) is 7.06. The van der Waals surface area contributed by atoms with Gasteiger partial charge in [-0.1, -0.05) is 25.1 Å². The van der Waals surface area contributed by atoms with Gasteiger partial charge >= 0.3 is 0 Å². The van der Waals surface area contributed by atoms with Crippen molar-refractivity contribution in [3.8, 4) is 28.8 Å². The van der Waals surface area contributed by atoms with Crippen molar-refractivity contribution < 1.29 is 13.9 Å². The predicted octanol–water partition coefficient (Wildman–Crippen LogP) is 7.37. The summed E-state index contributed by atoms with van der Waals surface area (Å²) in [7, 11) is 0. The molecule has 1 saturated heterocycles. The molecule has 260 valence electrons. The molecule has 2 aliphatic rings. The number of halogens is 1. The molecule has 0 unspecified atom stereocenters. The molecule has 0 bridgehead atoms. The average molecular weight is 686 g/mol. The van der Waals surface area contributed by atoms with Gasteiger partial charge in [0.15, 0.2) is 11.6 Å². The number of likely N-dealkylation sites (tertiary alicyclic amines) is 1. The van der Waals surface area contributed by atoms with Crippen LogP contribution in [-0.2, 0) is 11.3 Å². The van der Waals surface area contributed by atoms with E-state index in [0.29, 0.717) is 52.7 Å². The third kappa shape index (κ3) is 6.60. The number of nitrogen functional groups attached to an aromatic ring is 1. The van der Waals surface area contributed by atoms with Crippen LogP contribution in [0.25, 0.3) is 22.2 Å². The first-order valence-electron chi connectivity index (χ1n) is 17.1. The highest BCUT2D eigenvalue weighted by molar-refractivity contribution is 6.09. The maximum atomic E-state index is 15.7. The average Bonchev–Trinajstić information content (AvgIpc) is 3.68. The molecular weight excluding hydrogens is 645 g/mol. The van der Waals surface area contributed by atoms with Gasteiger partial charge in [-0.25, -0.2) is 19.3 Å². The van der Waals surface area contributed by atoms with Gasteiger partial charge in [0.1, 0.15) is 35.3 Å². The Morgan fingerprint density at radius 2 is 1.86 bits per heavy atom. The minimum Gasteiger partial charge on any atom is -0.436 e. The highest BCUT2D eigenvalue weighted by Gasteiger charge is 2.32. The molecule has 2 aliphatic heterocycles. The Labute approximate surface area is 296 Å². The van der Waals surface area contributed by atoms with E-state index in [-0.39, 0.29) is 17.1 Å². The van der Waals surface area contributed by atoms with Gasteiger partial charge < -0.3 is 25.3 Å². The molecule has 0 aliphatic carbocycles. The number of ether oxygens (including phenoxy) is 1. The number of nitrogens with zero attached hydrogens (tertiary/aromatic N) is 7. The third-order valence-electron chi connectivity index (χ3n) is 9.82. The summed E-state index contributed by atoms with van der Waals surface area (Å²) in [4.78, 5) is 31.0. The molecule has 1 fully saturated rings. The second-order valence-electron chi connectivity index (χ2n) is 13.8. The summed E-state index contributed by atoms with van der Waals surface area (Å²) in [6.45, 7) is 11.2. The van der Waals surface area contributed by atoms with Crippen LogP contribution < -0.4 is 20.7 Å². The maximum absolute atomic E-state index is 15.7. The van der Waals surface area contributed by atoms with Gasteiger partial charge in [0.25, 0.3) is 5.91 Å². The molecule has 1 amide bonds. The van der Waals surface area contributed by atoms with E-state index in [2.05, 4.69) is 43.1 Å². The fraction of sp³-hybridized carbons (Fsp3) is 0.308. The van der Waals surface area contributed by atoms with Crippen molar-refractivity contribution in [2.75, 3.05) is 35.6 Å². The number of benzene rings is 2. The van der Waals surface area contributed by atoms with E-state index in [4.69, 9.17) is 10.5 Å².